The van der Waals surface area contributed by atoms with Crippen LogP contribution < -0.4 is 4.72 Å². The number of thiophene rings is 1. The molecule has 0 fully saturated rings. The van der Waals surface area contributed by atoms with Crippen molar-refractivity contribution >= 4 is 21.4 Å². The van der Waals surface area contributed by atoms with Gasteiger partial charge in [0.15, 0.2) is 0 Å². The summed E-state index contributed by atoms with van der Waals surface area (Å²) < 4.78 is 24.4. The van der Waals surface area contributed by atoms with E-state index >= 15 is 0 Å². The third kappa shape index (κ3) is 2.54. The van der Waals surface area contributed by atoms with Crippen molar-refractivity contribution in [2.75, 3.05) is 6.26 Å². The maximum absolute atomic E-state index is 11.0. The number of hydrogen-bond donors (Lipinski definition) is 1. The first-order chi connectivity index (χ1) is 6.37. The zero-order chi connectivity index (χ0) is 10.8. The summed E-state index contributed by atoms with van der Waals surface area (Å²) in [6.45, 7) is 1.54. The highest BCUT2D eigenvalue weighted by molar-refractivity contribution is 7.88. The first-order valence-electron chi connectivity index (χ1n) is 3.80. The van der Waals surface area contributed by atoms with Crippen LogP contribution >= 0.6 is 11.3 Å². The average Bonchev–Trinajstić information content (AvgIpc) is 2.53. The highest BCUT2D eigenvalue weighted by Crippen LogP contribution is 2.22. The summed E-state index contributed by atoms with van der Waals surface area (Å²) in [5.41, 5.74) is -0.511. The number of nitriles is 1. The quantitative estimate of drug-likeness (QED) is 0.843. The van der Waals surface area contributed by atoms with Gasteiger partial charge in [0.1, 0.15) is 5.54 Å². The van der Waals surface area contributed by atoms with E-state index in [0.29, 0.717) is 5.56 Å². The average molecular weight is 230 g/mol. The van der Waals surface area contributed by atoms with Crippen LogP contribution in [0, 0.1) is 11.3 Å². The molecule has 0 aliphatic carbocycles. The predicted octanol–water partition coefficient (Wildman–Crippen LogP) is 1.04. The van der Waals surface area contributed by atoms with Crippen LogP contribution in [-0.2, 0) is 15.6 Å². The molecule has 1 heterocycles. The molecule has 4 nitrogen and oxygen atoms in total. The van der Waals surface area contributed by atoms with Crippen LogP contribution in [0.2, 0.25) is 0 Å². The minimum Gasteiger partial charge on any atom is -0.213 e. The van der Waals surface area contributed by atoms with E-state index in [1.165, 1.54) is 18.3 Å². The molecule has 0 saturated heterocycles. The second-order valence-electron chi connectivity index (χ2n) is 3.12. The monoisotopic (exact) mass is 230 g/mol. The Morgan fingerprint density at radius 3 is 2.64 bits per heavy atom. The number of nitrogens with one attached hydrogen (secondary N) is 1. The lowest BCUT2D eigenvalue weighted by Gasteiger charge is -2.20. The van der Waals surface area contributed by atoms with E-state index in [4.69, 9.17) is 5.26 Å². The fourth-order valence-electron chi connectivity index (χ4n) is 1.07. The maximum atomic E-state index is 11.0. The molecular formula is C8H10N2O2S2. The Labute approximate surface area is 87.2 Å². The summed E-state index contributed by atoms with van der Waals surface area (Å²) in [5, 5.41) is 12.5. The highest BCUT2D eigenvalue weighted by Gasteiger charge is 2.30. The summed E-state index contributed by atoms with van der Waals surface area (Å²) in [4.78, 5) is 0. The van der Waals surface area contributed by atoms with Gasteiger partial charge >= 0.3 is 0 Å². The van der Waals surface area contributed by atoms with E-state index < -0.39 is 15.6 Å². The van der Waals surface area contributed by atoms with Crippen LogP contribution in [0.1, 0.15) is 12.5 Å². The van der Waals surface area contributed by atoms with E-state index in [2.05, 4.69) is 4.72 Å². The summed E-state index contributed by atoms with van der Waals surface area (Å²) in [6.07, 6.45) is 1.04. The van der Waals surface area contributed by atoms with Gasteiger partial charge in [-0.3, -0.25) is 0 Å². The molecule has 0 saturated carbocycles. The zero-order valence-corrected chi connectivity index (χ0v) is 9.45. The second kappa shape index (κ2) is 3.69. The fraction of sp³-hybridized carbons (Fsp3) is 0.375. The zero-order valence-electron chi connectivity index (χ0n) is 7.81. The van der Waals surface area contributed by atoms with E-state index in [0.717, 1.165) is 6.26 Å². The van der Waals surface area contributed by atoms with Crippen LogP contribution in [0.15, 0.2) is 16.8 Å². The fourth-order valence-corrected chi connectivity index (χ4v) is 2.74. The van der Waals surface area contributed by atoms with E-state index in [1.54, 1.807) is 16.8 Å². The SMILES string of the molecule is CC(C#N)(NS(C)(=O)=O)c1ccsc1. The van der Waals surface area contributed by atoms with Gasteiger partial charge in [0, 0.05) is 0 Å². The lowest BCUT2D eigenvalue weighted by atomic mass is 9.99. The molecule has 14 heavy (non-hydrogen) atoms. The van der Waals surface area contributed by atoms with Gasteiger partial charge in [-0.15, -0.1) is 0 Å². The molecule has 6 heteroatoms. The number of hydrogen-bond acceptors (Lipinski definition) is 4. The smallest absolute Gasteiger partial charge is 0.210 e. The van der Waals surface area contributed by atoms with Crippen molar-refractivity contribution in [1.82, 2.24) is 4.72 Å². The summed E-state index contributed by atoms with van der Waals surface area (Å²) >= 11 is 1.42. The normalized spacial score (nSPS) is 15.8. The molecule has 1 rings (SSSR count). The minimum absolute atomic E-state index is 0.662. The highest BCUT2D eigenvalue weighted by atomic mass is 32.2. The Bertz CT molecular complexity index is 444. The maximum Gasteiger partial charge on any atom is 0.210 e. The van der Waals surface area contributed by atoms with Crippen molar-refractivity contribution in [2.24, 2.45) is 0 Å². The van der Waals surface area contributed by atoms with Crippen LogP contribution in [-0.4, -0.2) is 14.7 Å². The molecule has 0 aromatic carbocycles. The lowest BCUT2D eigenvalue weighted by Crippen LogP contribution is -2.41. The molecule has 1 atom stereocenters. The molecule has 1 aromatic rings. The minimum atomic E-state index is -3.39. The molecule has 1 unspecified atom stereocenters. The first kappa shape index (κ1) is 11.2. The molecule has 0 aliphatic rings. The Balaban J connectivity index is 3.07. The van der Waals surface area contributed by atoms with Gasteiger partial charge in [-0.2, -0.15) is 21.3 Å². The van der Waals surface area contributed by atoms with Gasteiger partial charge < -0.3 is 0 Å². The van der Waals surface area contributed by atoms with Crippen LogP contribution in [0.3, 0.4) is 0 Å². The van der Waals surface area contributed by atoms with Gasteiger partial charge in [-0.05, 0) is 29.3 Å². The van der Waals surface area contributed by atoms with Gasteiger partial charge in [0.2, 0.25) is 10.0 Å². The van der Waals surface area contributed by atoms with Gasteiger partial charge in [0.25, 0.3) is 0 Å². The Morgan fingerprint density at radius 2 is 2.29 bits per heavy atom. The second-order valence-corrected chi connectivity index (χ2v) is 5.65. The van der Waals surface area contributed by atoms with Gasteiger partial charge in [0.05, 0.1) is 12.3 Å². The first-order valence-corrected chi connectivity index (χ1v) is 6.64. The van der Waals surface area contributed by atoms with Crippen molar-refractivity contribution in [3.05, 3.63) is 22.4 Å². The van der Waals surface area contributed by atoms with Crippen molar-refractivity contribution in [1.29, 1.82) is 5.26 Å². The van der Waals surface area contributed by atoms with Gasteiger partial charge in [-0.1, -0.05) is 0 Å². The molecule has 76 valence electrons. The topological polar surface area (TPSA) is 70.0 Å². The third-order valence-corrected chi connectivity index (χ3v) is 3.17. The van der Waals surface area contributed by atoms with Crippen molar-refractivity contribution in [3.8, 4) is 6.07 Å². The molecule has 0 amide bonds. The van der Waals surface area contributed by atoms with Crippen LogP contribution in [0.4, 0.5) is 0 Å². The lowest BCUT2D eigenvalue weighted by molar-refractivity contribution is 0.529. The Morgan fingerprint density at radius 1 is 1.64 bits per heavy atom. The van der Waals surface area contributed by atoms with Crippen LogP contribution in [0.25, 0.3) is 0 Å². The number of sulfonamides is 1. The molecule has 0 spiro atoms. The molecular weight excluding hydrogens is 220 g/mol. The van der Waals surface area contributed by atoms with E-state index in [1.807, 2.05) is 6.07 Å². The van der Waals surface area contributed by atoms with E-state index in [9.17, 15) is 8.42 Å². The third-order valence-electron chi connectivity index (χ3n) is 1.71. The summed E-state index contributed by atoms with van der Waals surface area (Å²) in [5.74, 6) is 0. The summed E-state index contributed by atoms with van der Waals surface area (Å²) in [7, 11) is -3.39. The molecule has 0 bridgehead atoms. The molecule has 0 radical (unpaired) electrons. The van der Waals surface area contributed by atoms with E-state index in [-0.39, 0.29) is 0 Å². The summed E-state index contributed by atoms with van der Waals surface area (Å²) in [6, 6.07) is 3.68. The number of nitrogens with zero attached hydrogens (tertiary/aromatic N) is 1. The van der Waals surface area contributed by atoms with Crippen LogP contribution in [0.5, 0.6) is 0 Å². The molecule has 1 aromatic heterocycles. The molecule has 0 aliphatic heterocycles. The van der Waals surface area contributed by atoms with Crippen molar-refractivity contribution in [3.63, 3.8) is 0 Å². The van der Waals surface area contributed by atoms with Crippen molar-refractivity contribution < 1.29 is 8.42 Å². The van der Waals surface area contributed by atoms with Crippen molar-refractivity contribution in [2.45, 2.75) is 12.5 Å². The van der Waals surface area contributed by atoms with Gasteiger partial charge in [-0.25, -0.2) is 8.42 Å². The Hall–Kier alpha value is -0.900. The Kier molecular flexibility index (Phi) is 2.95. The largest absolute Gasteiger partial charge is 0.213 e. The standard InChI is InChI=1S/C8H10N2O2S2/c1-8(6-9,10-14(2,11)12)7-3-4-13-5-7/h3-5,10H,1-2H3. The number of rotatable bonds is 3. The predicted molar refractivity (Wildman–Crippen MR) is 55.3 cm³/mol. The molecule has 1 N–H and O–H groups in total.